The highest BCUT2D eigenvalue weighted by Crippen LogP contribution is 2.40. The fourth-order valence-electron chi connectivity index (χ4n) is 3.98. The number of carbonyl (C=O) groups excluding carboxylic acids is 1. The number of primary amides is 1. The van der Waals surface area contributed by atoms with Crippen LogP contribution in [0.5, 0.6) is 11.5 Å². The molecular formula is C22H23N3O3. The maximum Gasteiger partial charge on any atom is 0.249 e. The number of pyridine rings is 1. The third-order valence-corrected chi connectivity index (χ3v) is 5.35. The minimum atomic E-state index is -0.440. The Morgan fingerprint density at radius 1 is 1.14 bits per heavy atom. The molecule has 1 saturated heterocycles. The summed E-state index contributed by atoms with van der Waals surface area (Å²) in [5.74, 6) is 2.14. The average Bonchev–Trinajstić information content (AvgIpc) is 3.22. The molecule has 0 spiro atoms. The Kier molecular flexibility index (Phi) is 4.77. The maximum atomic E-state index is 12.0. The Labute approximate surface area is 163 Å². The first-order valence-electron chi connectivity index (χ1n) is 9.27. The van der Waals surface area contributed by atoms with E-state index in [1.165, 1.54) is 0 Å². The largest absolute Gasteiger partial charge is 0.493 e. The third-order valence-electron chi connectivity index (χ3n) is 5.35. The van der Waals surface area contributed by atoms with Crippen LogP contribution in [0.4, 0.5) is 5.82 Å². The van der Waals surface area contributed by atoms with Crippen molar-refractivity contribution in [3.63, 3.8) is 0 Å². The van der Waals surface area contributed by atoms with Crippen molar-refractivity contribution in [1.29, 1.82) is 0 Å². The van der Waals surface area contributed by atoms with E-state index in [0.29, 0.717) is 5.56 Å². The first kappa shape index (κ1) is 18.1. The molecule has 0 radical (unpaired) electrons. The molecule has 2 heterocycles. The number of benzene rings is 2. The van der Waals surface area contributed by atoms with Crippen molar-refractivity contribution in [1.82, 2.24) is 4.98 Å². The smallest absolute Gasteiger partial charge is 0.249 e. The van der Waals surface area contributed by atoms with Crippen LogP contribution >= 0.6 is 0 Å². The lowest BCUT2D eigenvalue weighted by atomic mass is 9.97. The molecule has 1 atom stereocenters. The standard InChI is InChI=1S/C22H23N3O3/c1-27-19-9-5-7-15(21(19)28-2)14-10-11-25(13-14)20-12-17(22(23)26)16-6-3-4-8-18(16)24-20/h3-9,12,14H,10-11,13H2,1-2H3,(H2,23,26). The van der Waals surface area contributed by atoms with Crippen molar-refractivity contribution in [3.05, 3.63) is 59.7 Å². The summed E-state index contributed by atoms with van der Waals surface area (Å²) in [5, 5.41) is 0.781. The van der Waals surface area contributed by atoms with Gasteiger partial charge in [-0.05, 0) is 24.6 Å². The number of hydrogen-bond acceptors (Lipinski definition) is 5. The lowest BCUT2D eigenvalue weighted by molar-refractivity contribution is 0.100. The van der Waals surface area contributed by atoms with Gasteiger partial charge in [0.15, 0.2) is 11.5 Å². The van der Waals surface area contributed by atoms with Crippen molar-refractivity contribution in [2.75, 3.05) is 32.2 Å². The number of aromatic nitrogens is 1. The van der Waals surface area contributed by atoms with Gasteiger partial charge < -0.3 is 20.1 Å². The molecule has 1 unspecified atom stereocenters. The summed E-state index contributed by atoms with van der Waals surface area (Å²) in [7, 11) is 3.31. The van der Waals surface area contributed by atoms with E-state index in [-0.39, 0.29) is 5.92 Å². The zero-order valence-corrected chi connectivity index (χ0v) is 16.0. The van der Waals surface area contributed by atoms with Crippen LogP contribution in [0.25, 0.3) is 10.9 Å². The number of para-hydroxylation sites is 2. The van der Waals surface area contributed by atoms with E-state index in [4.69, 9.17) is 20.2 Å². The summed E-state index contributed by atoms with van der Waals surface area (Å²) in [4.78, 5) is 18.9. The molecule has 1 amide bonds. The van der Waals surface area contributed by atoms with E-state index in [9.17, 15) is 4.79 Å². The quantitative estimate of drug-likeness (QED) is 0.738. The van der Waals surface area contributed by atoms with Crippen LogP contribution < -0.4 is 20.1 Å². The number of hydrogen-bond donors (Lipinski definition) is 1. The molecule has 2 aromatic carbocycles. The van der Waals surface area contributed by atoms with Crippen molar-refractivity contribution < 1.29 is 14.3 Å². The second-order valence-electron chi connectivity index (χ2n) is 6.92. The van der Waals surface area contributed by atoms with Crippen molar-refractivity contribution in [3.8, 4) is 11.5 Å². The van der Waals surface area contributed by atoms with Crippen LogP contribution in [0.3, 0.4) is 0 Å². The van der Waals surface area contributed by atoms with Gasteiger partial charge in [0, 0.05) is 30.0 Å². The number of anilines is 1. The van der Waals surface area contributed by atoms with E-state index in [1.807, 2.05) is 36.4 Å². The van der Waals surface area contributed by atoms with Gasteiger partial charge in [-0.15, -0.1) is 0 Å². The third kappa shape index (κ3) is 3.11. The summed E-state index contributed by atoms with van der Waals surface area (Å²) >= 11 is 0. The van der Waals surface area contributed by atoms with Crippen molar-refractivity contribution >= 4 is 22.6 Å². The number of carbonyl (C=O) groups is 1. The monoisotopic (exact) mass is 377 g/mol. The highest BCUT2D eigenvalue weighted by molar-refractivity contribution is 6.06. The predicted molar refractivity (Wildman–Crippen MR) is 109 cm³/mol. The van der Waals surface area contributed by atoms with Crippen LogP contribution in [0.2, 0.25) is 0 Å². The summed E-state index contributed by atoms with van der Waals surface area (Å²) in [6.07, 6.45) is 0.962. The summed E-state index contributed by atoms with van der Waals surface area (Å²) in [6.45, 7) is 1.63. The zero-order valence-electron chi connectivity index (χ0n) is 16.0. The Balaban J connectivity index is 1.68. The zero-order chi connectivity index (χ0) is 19.7. The maximum absolute atomic E-state index is 12.0. The van der Waals surface area contributed by atoms with Crippen molar-refractivity contribution in [2.24, 2.45) is 5.73 Å². The van der Waals surface area contributed by atoms with Crippen LogP contribution in [-0.4, -0.2) is 38.2 Å². The van der Waals surface area contributed by atoms with Crippen LogP contribution in [0, 0.1) is 0 Å². The van der Waals surface area contributed by atoms with Gasteiger partial charge in [-0.2, -0.15) is 0 Å². The first-order valence-corrected chi connectivity index (χ1v) is 9.27. The number of nitrogens with zero attached hydrogens (tertiary/aromatic N) is 2. The minimum Gasteiger partial charge on any atom is -0.493 e. The molecule has 4 rings (SSSR count). The van der Waals surface area contributed by atoms with Gasteiger partial charge in [-0.3, -0.25) is 4.79 Å². The number of methoxy groups -OCH3 is 2. The molecule has 144 valence electrons. The summed E-state index contributed by atoms with van der Waals surface area (Å²) < 4.78 is 11.0. The minimum absolute atomic E-state index is 0.287. The van der Waals surface area contributed by atoms with Gasteiger partial charge in [-0.25, -0.2) is 4.98 Å². The molecule has 1 fully saturated rings. The SMILES string of the molecule is COc1cccc(C2CCN(c3cc(C(N)=O)c4ccccc4n3)C2)c1OC. The molecular weight excluding hydrogens is 354 g/mol. The van der Waals surface area contributed by atoms with Gasteiger partial charge in [0.05, 0.1) is 25.3 Å². The van der Waals surface area contributed by atoms with Gasteiger partial charge in [0.1, 0.15) is 5.82 Å². The number of nitrogens with two attached hydrogens (primary N) is 1. The summed E-state index contributed by atoms with van der Waals surface area (Å²) in [5.41, 5.74) is 8.02. The lowest BCUT2D eigenvalue weighted by Gasteiger charge is -2.20. The molecule has 1 aliphatic heterocycles. The van der Waals surface area contributed by atoms with E-state index < -0.39 is 5.91 Å². The van der Waals surface area contributed by atoms with Crippen molar-refractivity contribution in [2.45, 2.75) is 12.3 Å². The number of amides is 1. The molecule has 1 aliphatic rings. The Bertz CT molecular complexity index is 1030. The average molecular weight is 377 g/mol. The van der Waals surface area contributed by atoms with E-state index in [0.717, 1.165) is 53.3 Å². The molecule has 0 aliphatic carbocycles. The fourth-order valence-corrected chi connectivity index (χ4v) is 3.98. The van der Waals surface area contributed by atoms with Crippen LogP contribution in [-0.2, 0) is 0 Å². The highest BCUT2D eigenvalue weighted by Gasteiger charge is 2.29. The Morgan fingerprint density at radius 3 is 2.71 bits per heavy atom. The van der Waals surface area contributed by atoms with E-state index >= 15 is 0 Å². The molecule has 28 heavy (non-hydrogen) atoms. The Hall–Kier alpha value is -3.28. The lowest BCUT2D eigenvalue weighted by Crippen LogP contribution is -2.22. The van der Waals surface area contributed by atoms with Gasteiger partial charge in [-0.1, -0.05) is 30.3 Å². The molecule has 0 bridgehead atoms. The number of rotatable bonds is 5. The molecule has 6 nitrogen and oxygen atoms in total. The summed E-state index contributed by atoms with van der Waals surface area (Å²) in [6, 6.07) is 15.4. The van der Waals surface area contributed by atoms with E-state index in [2.05, 4.69) is 11.0 Å². The number of ether oxygens (including phenoxy) is 2. The molecule has 0 saturated carbocycles. The molecule has 3 aromatic rings. The van der Waals surface area contributed by atoms with Gasteiger partial charge >= 0.3 is 0 Å². The van der Waals surface area contributed by atoms with Crippen LogP contribution in [0.1, 0.15) is 28.3 Å². The highest BCUT2D eigenvalue weighted by atomic mass is 16.5. The second kappa shape index (κ2) is 7.38. The molecule has 1 aromatic heterocycles. The molecule has 2 N–H and O–H groups in total. The molecule has 6 heteroatoms. The topological polar surface area (TPSA) is 77.7 Å². The van der Waals surface area contributed by atoms with Gasteiger partial charge in [0.2, 0.25) is 5.91 Å². The second-order valence-corrected chi connectivity index (χ2v) is 6.92. The first-order chi connectivity index (χ1) is 13.6. The number of fused-ring (bicyclic) bond motifs is 1. The normalized spacial score (nSPS) is 16.4. The van der Waals surface area contributed by atoms with Crippen LogP contribution in [0.15, 0.2) is 48.5 Å². The Morgan fingerprint density at radius 2 is 1.96 bits per heavy atom. The fraction of sp³-hybridized carbons (Fsp3) is 0.273. The van der Waals surface area contributed by atoms with Gasteiger partial charge in [0.25, 0.3) is 0 Å². The van der Waals surface area contributed by atoms with E-state index in [1.54, 1.807) is 20.3 Å². The predicted octanol–water partition coefficient (Wildman–Crippen LogP) is 3.34.